The number of nitrogens with zero attached hydrogens (tertiary/aromatic N) is 1. The summed E-state index contributed by atoms with van der Waals surface area (Å²) in [6.45, 7) is 7.32. The Kier molecular flexibility index (Phi) is 4.78. The third-order valence-electron chi connectivity index (χ3n) is 3.76. The molecular formula is C17H24N2OS. The van der Waals surface area contributed by atoms with Crippen LogP contribution in [0.25, 0.3) is 0 Å². The van der Waals surface area contributed by atoms with Gasteiger partial charge in [-0.25, -0.2) is 0 Å². The lowest BCUT2D eigenvalue weighted by Gasteiger charge is -2.19. The highest BCUT2D eigenvalue weighted by Crippen LogP contribution is 2.31. The fourth-order valence-corrected chi connectivity index (χ4v) is 3.46. The molecule has 1 saturated carbocycles. The summed E-state index contributed by atoms with van der Waals surface area (Å²) in [7, 11) is 0. The molecule has 3 rings (SSSR count). The first-order valence-corrected chi connectivity index (χ1v) is 8.60. The Labute approximate surface area is 131 Å². The molecule has 4 heteroatoms. The van der Waals surface area contributed by atoms with E-state index in [1.165, 1.54) is 22.6 Å². The molecule has 21 heavy (non-hydrogen) atoms. The maximum atomic E-state index is 5.50. The van der Waals surface area contributed by atoms with E-state index in [-0.39, 0.29) is 0 Å². The molecular weight excluding hydrogens is 280 g/mol. The van der Waals surface area contributed by atoms with Crippen LogP contribution in [-0.4, -0.2) is 17.0 Å². The molecule has 0 atom stereocenters. The number of nitrogens with one attached hydrogen (secondary N) is 1. The lowest BCUT2D eigenvalue weighted by atomic mass is 10.3. The van der Waals surface area contributed by atoms with Gasteiger partial charge in [0.05, 0.1) is 12.8 Å². The maximum Gasteiger partial charge on any atom is 0.117 e. The van der Waals surface area contributed by atoms with Gasteiger partial charge in [-0.1, -0.05) is 13.8 Å². The van der Waals surface area contributed by atoms with E-state index in [1.54, 1.807) is 6.26 Å². The van der Waals surface area contributed by atoms with Crippen molar-refractivity contribution in [3.05, 3.63) is 46.0 Å². The normalized spacial score (nSPS) is 15.2. The fourth-order valence-electron chi connectivity index (χ4n) is 2.46. The predicted octanol–water partition coefficient (Wildman–Crippen LogP) is 4.00. The van der Waals surface area contributed by atoms with Crippen molar-refractivity contribution in [2.24, 2.45) is 0 Å². The van der Waals surface area contributed by atoms with E-state index in [0.29, 0.717) is 6.04 Å². The van der Waals surface area contributed by atoms with E-state index in [1.807, 2.05) is 17.4 Å². The van der Waals surface area contributed by atoms with Crippen molar-refractivity contribution in [3.8, 4) is 0 Å². The van der Waals surface area contributed by atoms with Crippen molar-refractivity contribution in [3.63, 3.8) is 0 Å². The zero-order valence-electron chi connectivity index (χ0n) is 12.8. The molecule has 1 aliphatic carbocycles. The van der Waals surface area contributed by atoms with Crippen molar-refractivity contribution >= 4 is 11.3 Å². The van der Waals surface area contributed by atoms with Gasteiger partial charge in [-0.3, -0.25) is 4.90 Å². The van der Waals surface area contributed by atoms with Crippen LogP contribution in [0.5, 0.6) is 0 Å². The van der Waals surface area contributed by atoms with Crippen molar-refractivity contribution in [1.82, 2.24) is 10.2 Å². The molecule has 0 unspecified atom stereocenters. The Morgan fingerprint density at radius 1 is 1.24 bits per heavy atom. The van der Waals surface area contributed by atoms with Crippen molar-refractivity contribution in [2.75, 3.05) is 0 Å². The number of rotatable bonds is 8. The molecule has 0 saturated heterocycles. The second-order valence-corrected chi connectivity index (χ2v) is 7.37. The Morgan fingerprint density at radius 3 is 2.71 bits per heavy atom. The Hall–Kier alpha value is -1.10. The second kappa shape index (κ2) is 6.77. The minimum Gasteiger partial charge on any atom is -0.468 e. The van der Waals surface area contributed by atoms with Gasteiger partial charge in [0.25, 0.3) is 0 Å². The van der Waals surface area contributed by atoms with Gasteiger partial charge in [0, 0.05) is 34.9 Å². The number of thiophene rings is 1. The zero-order chi connectivity index (χ0) is 14.7. The highest BCUT2D eigenvalue weighted by Gasteiger charge is 2.29. The van der Waals surface area contributed by atoms with Crippen LogP contribution in [-0.2, 0) is 19.6 Å². The van der Waals surface area contributed by atoms with Crippen LogP contribution >= 0.6 is 11.3 Å². The maximum absolute atomic E-state index is 5.50. The summed E-state index contributed by atoms with van der Waals surface area (Å²) >= 11 is 1.93. The average molecular weight is 304 g/mol. The van der Waals surface area contributed by atoms with E-state index in [2.05, 4.69) is 42.3 Å². The predicted molar refractivity (Wildman–Crippen MR) is 87.3 cm³/mol. The number of hydrogen-bond donors (Lipinski definition) is 1. The van der Waals surface area contributed by atoms with Crippen LogP contribution in [0.15, 0.2) is 34.9 Å². The third kappa shape index (κ3) is 4.43. The van der Waals surface area contributed by atoms with Gasteiger partial charge in [0.2, 0.25) is 0 Å². The van der Waals surface area contributed by atoms with Crippen LogP contribution in [0.2, 0.25) is 0 Å². The highest BCUT2D eigenvalue weighted by molar-refractivity contribution is 7.11. The van der Waals surface area contributed by atoms with E-state index in [9.17, 15) is 0 Å². The van der Waals surface area contributed by atoms with E-state index in [4.69, 9.17) is 4.42 Å². The van der Waals surface area contributed by atoms with Gasteiger partial charge < -0.3 is 9.73 Å². The largest absolute Gasteiger partial charge is 0.468 e. The van der Waals surface area contributed by atoms with Gasteiger partial charge in [0.1, 0.15) is 5.76 Å². The van der Waals surface area contributed by atoms with Gasteiger partial charge in [-0.15, -0.1) is 11.3 Å². The topological polar surface area (TPSA) is 28.4 Å². The molecule has 2 heterocycles. The van der Waals surface area contributed by atoms with Gasteiger partial charge in [-0.05, 0) is 37.1 Å². The molecule has 1 N–H and O–H groups in total. The van der Waals surface area contributed by atoms with Crippen LogP contribution in [0.1, 0.15) is 42.2 Å². The van der Waals surface area contributed by atoms with E-state index >= 15 is 0 Å². The number of hydrogen-bond acceptors (Lipinski definition) is 4. The summed E-state index contributed by atoms with van der Waals surface area (Å²) in [5, 5.41) is 3.48. The lowest BCUT2D eigenvalue weighted by molar-refractivity contribution is 0.227. The molecule has 0 bridgehead atoms. The Balaban J connectivity index is 1.58. The molecule has 0 aromatic carbocycles. The smallest absolute Gasteiger partial charge is 0.117 e. The molecule has 2 aromatic heterocycles. The van der Waals surface area contributed by atoms with Crippen LogP contribution in [0.4, 0.5) is 0 Å². The standard InChI is InChI=1S/C17H24N2OS/c1-13(2)18-10-16-7-8-17(21-16)12-19(14-5-6-14)11-15-4-3-9-20-15/h3-4,7-9,13-14,18H,5-6,10-12H2,1-2H3. The SMILES string of the molecule is CC(C)NCc1ccc(CN(Cc2ccco2)C2CC2)s1. The van der Waals surface area contributed by atoms with Crippen LogP contribution < -0.4 is 5.32 Å². The minimum atomic E-state index is 0.539. The molecule has 0 spiro atoms. The van der Waals surface area contributed by atoms with Gasteiger partial charge in [0.15, 0.2) is 0 Å². The first-order chi connectivity index (χ1) is 10.2. The lowest BCUT2D eigenvalue weighted by Crippen LogP contribution is -2.24. The molecule has 114 valence electrons. The average Bonchev–Trinajstić information content (AvgIpc) is 2.99. The van der Waals surface area contributed by atoms with E-state index in [0.717, 1.165) is 31.4 Å². The summed E-state index contributed by atoms with van der Waals surface area (Å²) in [5.74, 6) is 1.07. The van der Waals surface area contributed by atoms with Crippen LogP contribution in [0, 0.1) is 0 Å². The Morgan fingerprint density at radius 2 is 2.05 bits per heavy atom. The molecule has 0 aliphatic heterocycles. The summed E-state index contributed by atoms with van der Waals surface area (Å²) in [5.41, 5.74) is 0. The first-order valence-electron chi connectivity index (χ1n) is 7.78. The molecule has 1 aliphatic rings. The van der Waals surface area contributed by atoms with Gasteiger partial charge >= 0.3 is 0 Å². The van der Waals surface area contributed by atoms with Crippen LogP contribution in [0.3, 0.4) is 0 Å². The fraction of sp³-hybridized carbons (Fsp3) is 0.529. The third-order valence-corrected chi connectivity index (χ3v) is 4.83. The van der Waals surface area contributed by atoms with Crippen molar-refractivity contribution in [1.29, 1.82) is 0 Å². The van der Waals surface area contributed by atoms with Gasteiger partial charge in [-0.2, -0.15) is 0 Å². The quantitative estimate of drug-likeness (QED) is 0.799. The first kappa shape index (κ1) is 14.8. The molecule has 1 fully saturated rings. The summed E-state index contributed by atoms with van der Waals surface area (Å²) < 4.78 is 5.50. The van der Waals surface area contributed by atoms with E-state index < -0.39 is 0 Å². The molecule has 0 radical (unpaired) electrons. The van der Waals surface area contributed by atoms with Crippen molar-refractivity contribution < 1.29 is 4.42 Å². The number of furan rings is 1. The Bertz CT molecular complexity index is 543. The molecule has 0 amide bonds. The highest BCUT2D eigenvalue weighted by atomic mass is 32.1. The second-order valence-electron chi connectivity index (χ2n) is 6.12. The summed E-state index contributed by atoms with van der Waals surface area (Å²) in [6, 6.07) is 9.86. The van der Waals surface area contributed by atoms with Crippen molar-refractivity contribution in [2.45, 2.75) is 58.4 Å². The molecule has 3 nitrogen and oxygen atoms in total. The summed E-state index contributed by atoms with van der Waals surface area (Å²) in [6.07, 6.45) is 4.42. The minimum absolute atomic E-state index is 0.539. The monoisotopic (exact) mass is 304 g/mol. The summed E-state index contributed by atoms with van der Waals surface area (Å²) in [4.78, 5) is 5.42. The zero-order valence-corrected chi connectivity index (χ0v) is 13.7. The molecule has 2 aromatic rings.